The summed E-state index contributed by atoms with van der Waals surface area (Å²) in [5.74, 6) is 1.61. The van der Waals surface area contributed by atoms with Crippen molar-refractivity contribution in [2.24, 2.45) is 4.99 Å². The molecular weight excluding hydrogens is 539 g/mol. The number of amides is 1. The number of nitrogens with one attached hydrogen (secondary N) is 2. The molecule has 0 aromatic heterocycles. The first kappa shape index (κ1) is 27.2. The summed E-state index contributed by atoms with van der Waals surface area (Å²) in [6.45, 7) is 1.90. The first-order valence-corrected chi connectivity index (χ1v) is 11.1. The van der Waals surface area contributed by atoms with Crippen LogP contribution in [0.2, 0.25) is 0 Å². The summed E-state index contributed by atoms with van der Waals surface area (Å²) in [5.41, 5.74) is 4.09. The van der Waals surface area contributed by atoms with Gasteiger partial charge in [-0.25, -0.2) is 0 Å². The largest absolute Gasteiger partial charge is 0.489 e. The van der Waals surface area contributed by atoms with Crippen LogP contribution in [0.5, 0.6) is 5.75 Å². The zero-order valence-corrected chi connectivity index (χ0v) is 22.3. The summed E-state index contributed by atoms with van der Waals surface area (Å²) in [6, 6.07) is 25.9. The molecule has 0 saturated carbocycles. The molecule has 0 aliphatic rings. The van der Waals surface area contributed by atoms with E-state index in [2.05, 4.69) is 33.8 Å². The number of ether oxygens (including phenoxy) is 1. The Bertz CT molecular complexity index is 1070. The normalized spacial score (nSPS) is 10.7. The highest BCUT2D eigenvalue weighted by Gasteiger charge is 2.08. The van der Waals surface area contributed by atoms with Crippen molar-refractivity contribution in [3.63, 3.8) is 0 Å². The van der Waals surface area contributed by atoms with Crippen molar-refractivity contribution in [2.45, 2.75) is 19.6 Å². The number of carbonyl (C=O) groups excluding carboxylic acids is 1. The predicted octanol–water partition coefficient (Wildman–Crippen LogP) is 4.49. The zero-order valence-electron chi connectivity index (χ0n) is 20.0. The Balaban J connectivity index is 0.00000408. The van der Waals surface area contributed by atoms with Crippen LogP contribution in [0, 0.1) is 0 Å². The molecule has 0 heterocycles. The Hall–Kier alpha value is -3.07. The fourth-order valence-electron chi connectivity index (χ4n) is 3.36. The topological polar surface area (TPSA) is 66.0 Å². The molecule has 3 aromatic carbocycles. The SMILES string of the molecule is CN=C(NCCc1cccc(C(=O)N(C)C)c1)NCc1cccc(COc2ccccc2)c1.I. The minimum atomic E-state index is 0. The summed E-state index contributed by atoms with van der Waals surface area (Å²) in [7, 11) is 5.28. The van der Waals surface area contributed by atoms with E-state index in [0.29, 0.717) is 25.3 Å². The highest BCUT2D eigenvalue weighted by Crippen LogP contribution is 2.13. The van der Waals surface area contributed by atoms with E-state index in [9.17, 15) is 4.79 Å². The van der Waals surface area contributed by atoms with Crippen molar-refractivity contribution < 1.29 is 9.53 Å². The number of benzene rings is 3. The van der Waals surface area contributed by atoms with Crippen molar-refractivity contribution in [2.75, 3.05) is 27.7 Å². The van der Waals surface area contributed by atoms with E-state index >= 15 is 0 Å². The second-order valence-corrected chi connectivity index (χ2v) is 7.92. The first-order valence-electron chi connectivity index (χ1n) is 11.1. The molecule has 1 amide bonds. The lowest BCUT2D eigenvalue weighted by molar-refractivity contribution is 0.0827. The van der Waals surface area contributed by atoms with Gasteiger partial charge in [0.05, 0.1) is 0 Å². The lowest BCUT2D eigenvalue weighted by atomic mass is 10.1. The molecule has 180 valence electrons. The van der Waals surface area contributed by atoms with Crippen molar-refractivity contribution in [1.29, 1.82) is 0 Å². The summed E-state index contributed by atoms with van der Waals surface area (Å²) in [5, 5.41) is 6.69. The Kier molecular flexibility index (Phi) is 11.4. The molecular formula is C27H33IN4O2. The quantitative estimate of drug-likeness (QED) is 0.225. The fraction of sp³-hybridized carbons (Fsp3) is 0.259. The second kappa shape index (κ2) is 14.2. The third kappa shape index (κ3) is 8.70. The number of guanidine groups is 1. The Labute approximate surface area is 219 Å². The third-order valence-corrected chi connectivity index (χ3v) is 5.11. The van der Waals surface area contributed by atoms with Gasteiger partial charge in [0.1, 0.15) is 12.4 Å². The van der Waals surface area contributed by atoms with E-state index in [1.807, 2.05) is 60.7 Å². The molecule has 6 nitrogen and oxygen atoms in total. The van der Waals surface area contributed by atoms with Gasteiger partial charge in [-0.3, -0.25) is 9.79 Å². The van der Waals surface area contributed by atoms with Crippen molar-refractivity contribution >= 4 is 35.8 Å². The molecule has 34 heavy (non-hydrogen) atoms. The summed E-state index contributed by atoms with van der Waals surface area (Å²) >= 11 is 0. The van der Waals surface area contributed by atoms with E-state index in [1.165, 1.54) is 0 Å². The molecule has 0 aliphatic carbocycles. The molecule has 0 fully saturated rings. The smallest absolute Gasteiger partial charge is 0.253 e. The predicted molar refractivity (Wildman–Crippen MR) is 149 cm³/mol. The average molecular weight is 572 g/mol. The highest BCUT2D eigenvalue weighted by molar-refractivity contribution is 14.0. The minimum Gasteiger partial charge on any atom is -0.489 e. The van der Waals surface area contributed by atoms with Gasteiger partial charge in [0.2, 0.25) is 0 Å². The molecule has 0 spiro atoms. The minimum absolute atomic E-state index is 0. The highest BCUT2D eigenvalue weighted by atomic mass is 127. The van der Waals surface area contributed by atoms with Crippen molar-refractivity contribution in [3.05, 3.63) is 101 Å². The van der Waals surface area contributed by atoms with E-state index in [1.54, 1.807) is 26.0 Å². The van der Waals surface area contributed by atoms with Crippen LogP contribution >= 0.6 is 24.0 Å². The van der Waals surface area contributed by atoms with Crippen LogP contribution in [0.3, 0.4) is 0 Å². The lowest BCUT2D eigenvalue weighted by Crippen LogP contribution is -2.37. The summed E-state index contributed by atoms with van der Waals surface area (Å²) < 4.78 is 5.84. The molecule has 3 rings (SSSR count). The Morgan fingerprint density at radius 1 is 0.882 bits per heavy atom. The lowest BCUT2D eigenvalue weighted by Gasteiger charge is -2.14. The van der Waals surface area contributed by atoms with Gasteiger partial charge in [0, 0.05) is 39.8 Å². The Morgan fingerprint density at radius 2 is 1.59 bits per heavy atom. The van der Waals surface area contributed by atoms with Gasteiger partial charge in [0.15, 0.2) is 5.96 Å². The van der Waals surface area contributed by atoms with Crippen LogP contribution < -0.4 is 15.4 Å². The fourth-order valence-corrected chi connectivity index (χ4v) is 3.36. The number of rotatable bonds is 9. The molecule has 0 saturated heterocycles. The van der Waals surface area contributed by atoms with Crippen LogP contribution in [0.4, 0.5) is 0 Å². The standard InChI is InChI=1S/C27H32N4O2.HI/c1-28-27(29-16-15-21-9-8-12-24(18-21)26(32)31(2)3)30-19-22-10-7-11-23(17-22)20-33-25-13-5-4-6-14-25;/h4-14,17-18H,15-16,19-20H2,1-3H3,(H2,28,29,30);1H. The Morgan fingerprint density at radius 3 is 2.32 bits per heavy atom. The second-order valence-electron chi connectivity index (χ2n) is 7.92. The van der Waals surface area contributed by atoms with Crippen LogP contribution in [-0.2, 0) is 19.6 Å². The molecule has 0 aliphatic heterocycles. The van der Waals surface area contributed by atoms with Crippen LogP contribution in [0.25, 0.3) is 0 Å². The number of hydrogen-bond donors (Lipinski definition) is 2. The van der Waals surface area contributed by atoms with E-state index in [-0.39, 0.29) is 29.9 Å². The van der Waals surface area contributed by atoms with Crippen molar-refractivity contribution in [1.82, 2.24) is 15.5 Å². The van der Waals surface area contributed by atoms with Crippen LogP contribution in [0.15, 0.2) is 83.9 Å². The van der Waals surface area contributed by atoms with E-state index in [4.69, 9.17) is 4.74 Å². The molecule has 0 bridgehead atoms. The molecule has 2 N–H and O–H groups in total. The van der Waals surface area contributed by atoms with Gasteiger partial charge >= 0.3 is 0 Å². The number of nitrogens with zero attached hydrogens (tertiary/aromatic N) is 2. The van der Waals surface area contributed by atoms with Gasteiger partial charge in [0.25, 0.3) is 5.91 Å². The van der Waals surface area contributed by atoms with Crippen LogP contribution in [-0.4, -0.2) is 44.5 Å². The maximum atomic E-state index is 12.2. The molecule has 0 unspecified atom stereocenters. The van der Waals surface area contributed by atoms with Crippen LogP contribution in [0.1, 0.15) is 27.0 Å². The number of carbonyl (C=O) groups is 1. The summed E-state index contributed by atoms with van der Waals surface area (Å²) in [4.78, 5) is 18.1. The van der Waals surface area contributed by atoms with Gasteiger partial charge in [-0.1, -0.05) is 54.6 Å². The summed E-state index contributed by atoms with van der Waals surface area (Å²) in [6.07, 6.45) is 0.793. The number of aliphatic imine (C=N–C) groups is 1. The van der Waals surface area contributed by atoms with Gasteiger partial charge in [-0.05, 0) is 47.4 Å². The monoisotopic (exact) mass is 572 g/mol. The number of para-hydroxylation sites is 1. The zero-order chi connectivity index (χ0) is 23.5. The van der Waals surface area contributed by atoms with Gasteiger partial charge < -0.3 is 20.3 Å². The van der Waals surface area contributed by atoms with E-state index in [0.717, 1.165) is 34.8 Å². The van der Waals surface area contributed by atoms with E-state index < -0.39 is 0 Å². The molecule has 3 aromatic rings. The third-order valence-electron chi connectivity index (χ3n) is 5.11. The number of hydrogen-bond acceptors (Lipinski definition) is 3. The van der Waals surface area contributed by atoms with Crippen molar-refractivity contribution in [3.8, 4) is 5.75 Å². The van der Waals surface area contributed by atoms with Gasteiger partial charge in [-0.2, -0.15) is 0 Å². The molecule has 0 radical (unpaired) electrons. The first-order chi connectivity index (χ1) is 16.0. The maximum Gasteiger partial charge on any atom is 0.253 e. The van der Waals surface area contributed by atoms with Gasteiger partial charge in [-0.15, -0.1) is 24.0 Å². The maximum absolute atomic E-state index is 12.2. The number of halogens is 1. The molecule has 7 heteroatoms. The average Bonchev–Trinajstić information content (AvgIpc) is 2.85. The molecule has 0 atom stereocenters.